The molecule has 3 fully saturated rings. The number of fused-ring (bicyclic) bond motifs is 5. The Labute approximate surface area is 75.1 Å². The van der Waals surface area contributed by atoms with E-state index in [1.807, 2.05) is 0 Å². The molecule has 2 bridgehead atoms. The standard InChI is InChI=1S/C11H19N/c1-8-4-6-12-9-3-5-11(2,7-9)10(8)12/h8-10H,3-7H2,1-2H3. The molecule has 12 heavy (non-hydrogen) atoms. The van der Waals surface area contributed by atoms with Crippen molar-refractivity contribution in [3.8, 4) is 0 Å². The first-order valence-corrected chi connectivity index (χ1v) is 5.46. The van der Waals surface area contributed by atoms with Gasteiger partial charge in [-0.05, 0) is 43.6 Å². The Bertz CT molecular complexity index is 213. The summed E-state index contributed by atoms with van der Waals surface area (Å²) in [7, 11) is 0. The summed E-state index contributed by atoms with van der Waals surface area (Å²) in [6.07, 6.45) is 5.95. The normalized spacial score (nSPS) is 58.0. The average Bonchev–Trinajstić information content (AvgIpc) is 2.61. The molecule has 0 radical (unpaired) electrons. The maximum atomic E-state index is 2.81. The van der Waals surface area contributed by atoms with Crippen LogP contribution < -0.4 is 0 Å². The maximum Gasteiger partial charge on any atom is 0.0179 e. The second-order valence-corrected chi connectivity index (χ2v) is 5.50. The molecule has 0 aromatic heterocycles. The number of hydrogen-bond acceptors (Lipinski definition) is 1. The fourth-order valence-corrected chi connectivity index (χ4v) is 4.26. The third-order valence-electron chi connectivity index (χ3n) is 4.67. The Morgan fingerprint density at radius 3 is 2.92 bits per heavy atom. The van der Waals surface area contributed by atoms with Gasteiger partial charge in [-0.2, -0.15) is 0 Å². The molecule has 3 aliphatic rings. The number of rotatable bonds is 0. The minimum Gasteiger partial charge on any atom is -0.297 e. The van der Waals surface area contributed by atoms with Gasteiger partial charge in [-0.15, -0.1) is 0 Å². The van der Waals surface area contributed by atoms with E-state index in [0.717, 1.165) is 18.0 Å². The Morgan fingerprint density at radius 2 is 2.17 bits per heavy atom. The van der Waals surface area contributed by atoms with Gasteiger partial charge in [-0.1, -0.05) is 13.8 Å². The summed E-state index contributed by atoms with van der Waals surface area (Å²) in [4.78, 5) is 2.81. The Hall–Kier alpha value is -0.0400. The van der Waals surface area contributed by atoms with Gasteiger partial charge >= 0.3 is 0 Å². The zero-order valence-electron chi connectivity index (χ0n) is 8.21. The van der Waals surface area contributed by atoms with E-state index in [1.165, 1.54) is 32.2 Å². The van der Waals surface area contributed by atoms with Crippen LogP contribution in [0.1, 0.15) is 39.5 Å². The molecule has 0 N–H and O–H groups in total. The topological polar surface area (TPSA) is 3.24 Å². The lowest BCUT2D eigenvalue weighted by Gasteiger charge is -2.37. The molecule has 68 valence electrons. The predicted octanol–water partition coefficient (Wildman–Crippen LogP) is 2.27. The van der Waals surface area contributed by atoms with E-state index in [2.05, 4.69) is 18.7 Å². The summed E-state index contributed by atoms with van der Waals surface area (Å²) in [5, 5.41) is 0. The molecule has 1 heteroatoms. The van der Waals surface area contributed by atoms with Crippen molar-refractivity contribution in [3.05, 3.63) is 0 Å². The van der Waals surface area contributed by atoms with Crippen LogP contribution in [0.15, 0.2) is 0 Å². The van der Waals surface area contributed by atoms with Gasteiger partial charge in [-0.25, -0.2) is 0 Å². The molecule has 4 atom stereocenters. The van der Waals surface area contributed by atoms with Gasteiger partial charge in [-0.3, -0.25) is 4.90 Å². The minimum atomic E-state index is 0.709. The van der Waals surface area contributed by atoms with Crippen LogP contribution in [-0.4, -0.2) is 23.5 Å². The van der Waals surface area contributed by atoms with Crippen LogP contribution in [0.2, 0.25) is 0 Å². The van der Waals surface area contributed by atoms with Crippen LogP contribution in [-0.2, 0) is 0 Å². The summed E-state index contributed by atoms with van der Waals surface area (Å²) < 4.78 is 0. The zero-order valence-corrected chi connectivity index (χ0v) is 8.21. The van der Waals surface area contributed by atoms with Crippen LogP contribution in [0.25, 0.3) is 0 Å². The number of hydrogen-bond donors (Lipinski definition) is 0. The van der Waals surface area contributed by atoms with Gasteiger partial charge in [0.25, 0.3) is 0 Å². The molecule has 4 unspecified atom stereocenters. The highest BCUT2D eigenvalue weighted by atomic mass is 15.3. The second-order valence-electron chi connectivity index (χ2n) is 5.50. The Kier molecular flexibility index (Phi) is 1.27. The highest BCUT2D eigenvalue weighted by Crippen LogP contribution is 2.56. The fourth-order valence-electron chi connectivity index (χ4n) is 4.26. The molecule has 2 heterocycles. The Balaban J connectivity index is 1.98. The number of piperidine rings is 1. The average molecular weight is 165 g/mol. The molecule has 3 rings (SSSR count). The fraction of sp³-hybridized carbons (Fsp3) is 1.00. The largest absolute Gasteiger partial charge is 0.297 e. The summed E-state index contributed by atoms with van der Waals surface area (Å²) in [5.74, 6) is 0.972. The highest BCUT2D eigenvalue weighted by molar-refractivity contribution is 5.10. The van der Waals surface area contributed by atoms with Crippen molar-refractivity contribution in [1.82, 2.24) is 4.90 Å². The molecule has 1 nitrogen and oxygen atoms in total. The molecular weight excluding hydrogens is 146 g/mol. The Morgan fingerprint density at radius 1 is 1.33 bits per heavy atom. The SMILES string of the molecule is CC1CCN2C3CCC(C)(C3)C12. The molecule has 0 spiro atoms. The van der Waals surface area contributed by atoms with Gasteiger partial charge in [0, 0.05) is 12.1 Å². The predicted molar refractivity (Wildman–Crippen MR) is 50.0 cm³/mol. The molecule has 0 aromatic carbocycles. The lowest BCUT2D eigenvalue weighted by Crippen LogP contribution is -2.42. The van der Waals surface area contributed by atoms with E-state index < -0.39 is 0 Å². The molecule has 1 saturated carbocycles. The summed E-state index contributed by atoms with van der Waals surface area (Å²) >= 11 is 0. The highest BCUT2D eigenvalue weighted by Gasteiger charge is 2.57. The van der Waals surface area contributed by atoms with Gasteiger partial charge in [0.1, 0.15) is 0 Å². The minimum absolute atomic E-state index is 0.709. The van der Waals surface area contributed by atoms with E-state index in [-0.39, 0.29) is 0 Å². The first kappa shape index (κ1) is 7.37. The second kappa shape index (κ2) is 2.06. The first-order chi connectivity index (χ1) is 5.71. The molecular formula is C11H19N. The van der Waals surface area contributed by atoms with Crippen molar-refractivity contribution in [2.75, 3.05) is 6.54 Å². The molecule has 0 amide bonds. The van der Waals surface area contributed by atoms with Crippen molar-refractivity contribution in [2.45, 2.75) is 51.6 Å². The summed E-state index contributed by atoms with van der Waals surface area (Å²) in [6.45, 7) is 6.38. The molecule has 0 aromatic rings. The quantitative estimate of drug-likeness (QED) is 0.532. The van der Waals surface area contributed by atoms with Crippen molar-refractivity contribution in [2.24, 2.45) is 11.3 Å². The van der Waals surface area contributed by atoms with E-state index in [0.29, 0.717) is 5.41 Å². The van der Waals surface area contributed by atoms with E-state index >= 15 is 0 Å². The van der Waals surface area contributed by atoms with Gasteiger partial charge in [0.15, 0.2) is 0 Å². The van der Waals surface area contributed by atoms with Crippen molar-refractivity contribution in [3.63, 3.8) is 0 Å². The zero-order chi connectivity index (χ0) is 8.34. The van der Waals surface area contributed by atoms with Crippen LogP contribution in [0, 0.1) is 11.3 Å². The first-order valence-electron chi connectivity index (χ1n) is 5.46. The van der Waals surface area contributed by atoms with Crippen LogP contribution in [0.3, 0.4) is 0 Å². The van der Waals surface area contributed by atoms with Crippen molar-refractivity contribution < 1.29 is 0 Å². The monoisotopic (exact) mass is 165 g/mol. The van der Waals surface area contributed by atoms with Crippen LogP contribution >= 0.6 is 0 Å². The third-order valence-corrected chi connectivity index (χ3v) is 4.67. The molecule has 2 aliphatic heterocycles. The third kappa shape index (κ3) is 0.693. The van der Waals surface area contributed by atoms with Crippen LogP contribution in [0.4, 0.5) is 0 Å². The summed E-state index contributed by atoms with van der Waals surface area (Å²) in [6, 6.07) is 1.93. The maximum absolute atomic E-state index is 2.81. The summed E-state index contributed by atoms with van der Waals surface area (Å²) in [5.41, 5.74) is 0.709. The van der Waals surface area contributed by atoms with Crippen molar-refractivity contribution >= 4 is 0 Å². The van der Waals surface area contributed by atoms with Crippen molar-refractivity contribution in [1.29, 1.82) is 0 Å². The van der Waals surface area contributed by atoms with Gasteiger partial charge in [0.2, 0.25) is 0 Å². The van der Waals surface area contributed by atoms with Gasteiger partial charge < -0.3 is 0 Å². The van der Waals surface area contributed by atoms with E-state index in [4.69, 9.17) is 0 Å². The van der Waals surface area contributed by atoms with E-state index in [9.17, 15) is 0 Å². The lowest BCUT2D eigenvalue weighted by molar-refractivity contribution is 0.116. The smallest absolute Gasteiger partial charge is 0.0179 e. The van der Waals surface area contributed by atoms with Gasteiger partial charge in [0.05, 0.1) is 0 Å². The molecule has 2 saturated heterocycles. The lowest BCUT2D eigenvalue weighted by atomic mass is 9.77. The van der Waals surface area contributed by atoms with Crippen LogP contribution in [0.5, 0.6) is 0 Å². The van der Waals surface area contributed by atoms with E-state index in [1.54, 1.807) is 0 Å². The number of nitrogens with zero attached hydrogens (tertiary/aromatic N) is 1. The molecule has 1 aliphatic carbocycles.